The summed E-state index contributed by atoms with van der Waals surface area (Å²) in [6, 6.07) is 0.319. The second kappa shape index (κ2) is 4.06. The number of aromatic nitrogens is 3. The SMILES string of the molecule is Cn1cnnc1COC1CCC(N)C1. The van der Waals surface area contributed by atoms with Gasteiger partial charge in [-0.2, -0.15) is 0 Å². The van der Waals surface area contributed by atoms with Gasteiger partial charge in [-0.25, -0.2) is 0 Å². The Morgan fingerprint density at radius 1 is 1.64 bits per heavy atom. The lowest BCUT2D eigenvalue weighted by Crippen LogP contribution is -2.17. The van der Waals surface area contributed by atoms with Crippen molar-refractivity contribution in [3.8, 4) is 0 Å². The Hall–Kier alpha value is -0.940. The highest BCUT2D eigenvalue weighted by molar-refractivity contribution is 4.83. The number of ether oxygens (including phenoxy) is 1. The van der Waals surface area contributed by atoms with Gasteiger partial charge < -0.3 is 15.0 Å². The van der Waals surface area contributed by atoms with Crippen LogP contribution in [0.3, 0.4) is 0 Å². The van der Waals surface area contributed by atoms with Gasteiger partial charge in [-0.15, -0.1) is 10.2 Å². The molecule has 2 N–H and O–H groups in total. The van der Waals surface area contributed by atoms with Gasteiger partial charge in [-0.3, -0.25) is 0 Å². The van der Waals surface area contributed by atoms with Crippen LogP contribution in [-0.2, 0) is 18.4 Å². The molecule has 2 atom stereocenters. The van der Waals surface area contributed by atoms with Gasteiger partial charge in [-0.05, 0) is 19.3 Å². The second-order valence-corrected chi connectivity index (χ2v) is 3.86. The van der Waals surface area contributed by atoms with Gasteiger partial charge in [-0.1, -0.05) is 0 Å². The molecule has 1 heterocycles. The summed E-state index contributed by atoms with van der Waals surface area (Å²) in [6.45, 7) is 0.536. The molecule has 0 aliphatic heterocycles. The molecule has 0 spiro atoms. The Morgan fingerprint density at radius 2 is 2.50 bits per heavy atom. The highest BCUT2D eigenvalue weighted by atomic mass is 16.5. The summed E-state index contributed by atoms with van der Waals surface area (Å²) in [5.41, 5.74) is 5.79. The summed E-state index contributed by atoms with van der Waals surface area (Å²) in [6.07, 6.45) is 5.10. The standard InChI is InChI=1S/C9H16N4O/c1-13-6-11-12-9(13)5-14-8-3-2-7(10)4-8/h6-8H,2-5,10H2,1H3. The lowest BCUT2D eigenvalue weighted by atomic mass is 10.3. The van der Waals surface area contributed by atoms with Gasteiger partial charge in [0, 0.05) is 13.1 Å². The molecule has 0 aromatic carbocycles. The van der Waals surface area contributed by atoms with Gasteiger partial charge in [0.05, 0.1) is 6.10 Å². The van der Waals surface area contributed by atoms with Crippen molar-refractivity contribution in [2.45, 2.75) is 38.0 Å². The lowest BCUT2D eigenvalue weighted by Gasteiger charge is -2.10. The molecule has 5 heteroatoms. The molecule has 1 saturated carbocycles. The van der Waals surface area contributed by atoms with Gasteiger partial charge >= 0.3 is 0 Å². The zero-order valence-electron chi connectivity index (χ0n) is 8.39. The Balaban J connectivity index is 1.80. The number of nitrogens with zero attached hydrogens (tertiary/aromatic N) is 3. The number of hydrogen-bond acceptors (Lipinski definition) is 4. The molecule has 1 aromatic heterocycles. The molecule has 5 nitrogen and oxygen atoms in total. The fourth-order valence-corrected chi connectivity index (χ4v) is 1.75. The molecule has 14 heavy (non-hydrogen) atoms. The molecule has 0 radical (unpaired) electrons. The summed E-state index contributed by atoms with van der Waals surface area (Å²) in [7, 11) is 1.92. The van der Waals surface area contributed by atoms with Gasteiger partial charge in [0.15, 0.2) is 5.82 Å². The summed E-state index contributed by atoms with van der Waals surface area (Å²) in [5, 5.41) is 7.74. The maximum absolute atomic E-state index is 5.79. The zero-order valence-corrected chi connectivity index (χ0v) is 8.39. The smallest absolute Gasteiger partial charge is 0.158 e. The first-order chi connectivity index (χ1) is 6.75. The summed E-state index contributed by atoms with van der Waals surface area (Å²) in [5.74, 6) is 0.866. The molecule has 2 unspecified atom stereocenters. The monoisotopic (exact) mass is 196 g/mol. The van der Waals surface area contributed by atoms with Crippen molar-refractivity contribution in [1.29, 1.82) is 0 Å². The maximum atomic E-state index is 5.79. The molecular weight excluding hydrogens is 180 g/mol. The molecule has 1 aliphatic carbocycles. The van der Waals surface area contributed by atoms with Crippen LogP contribution in [0.5, 0.6) is 0 Å². The van der Waals surface area contributed by atoms with E-state index in [-0.39, 0.29) is 0 Å². The average Bonchev–Trinajstić information content (AvgIpc) is 2.72. The summed E-state index contributed by atoms with van der Waals surface area (Å²) >= 11 is 0. The predicted molar refractivity (Wildman–Crippen MR) is 51.4 cm³/mol. The minimum absolute atomic E-state index is 0.307. The largest absolute Gasteiger partial charge is 0.370 e. The Morgan fingerprint density at radius 3 is 3.07 bits per heavy atom. The Kier molecular flexibility index (Phi) is 2.79. The fourth-order valence-electron chi connectivity index (χ4n) is 1.75. The van der Waals surface area contributed by atoms with E-state index in [1.165, 1.54) is 0 Å². The van der Waals surface area contributed by atoms with Crippen LogP contribution >= 0.6 is 0 Å². The van der Waals surface area contributed by atoms with Crippen molar-refractivity contribution in [2.75, 3.05) is 0 Å². The van der Waals surface area contributed by atoms with E-state index >= 15 is 0 Å². The van der Waals surface area contributed by atoms with Crippen LogP contribution in [0.1, 0.15) is 25.1 Å². The molecule has 0 bridgehead atoms. The molecule has 1 aliphatic rings. The van der Waals surface area contributed by atoms with E-state index in [1.54, 1.807) is 6.33 Å². The average molecular weight is 196 g/mol. The van der Waals surface area contributed by atoms with E-state index in [2.05, 4.69) is 10.2 Å². The third-order valence-corrected chi connectivity index (χ3v) is 2.68. The molecule has 78 valence electrons. The molecule has 0 amide bonds. The van der Waals surface area contributed by atoms with Crippen molar-refractivity contribution < 1.29 is 4.74 Å². The maximum Gasteiger partial charge on any atom is 0.158 e. The number of nitrogens with two attached hydrogens (primary N) is 1. The Labute approximate surface area is 83.3 Å². The molecule has 0 saturated heterocycles. The minimum atomic E-state index is 0.307. The number of hydrogen-bond donors (Lipinski definition) is 1. The third kappa shape index (κ3) is 2.10. The fraction of sp³-hybridized carbons (Fsp3) is 0.778. The van der Waals surface area contributed by atoms with E-state index < -0.39 is 0 Å². The van der Waals surface area contributed by atoms with E-state index in [0.29, 0.717) is 18.8 Å². The first-order valence-corrected chi connectivity index (χ1v) is 4.96. The molecule has 1 fully saturated rings. The van der Waals surface area contributed by atoms with Crippen LogP contribution < -0.4 is 5.73 Å². The van der Waals surface area contributed by atoms with Crippen molar-refractivity contribution in [1.82, 2.24) is 14.8 Å². The molecular formula is C9H16N4O. The lowest BCUT2D eigenvalue weighted by molar-refractivity contribution is 0.0395. The Bertz CT molecular complexity index is 299. The highest BCUT2D eigenvalue weighted by Crippen LogP contribution is 2.21. The van der Waals surface area contributed by atoms with Crippen LogP contribution in [0, 0.1) is 0 Å². The van der Waals surface area contributed by atoms with Crippen LogP contribution in [-0.4, -0.2) is 26.9 Å². The number of rotatable bonds is 3. The quantitative estimate of drug-likeness (QED) is 0.750. The van der Waals surface area contributed by atoms with Crippen molar-refractivity contribution in [3.63, 3.8) is 0 Å². The van der Waals surface area contributed by atoms with Crippen molar-refractivity contribution in [3.05, 3.63) is 12.2 Å². The second-order valence-electron chi connectivity index (χ2n) is 3.86. The summed E-state index contributed by atoms with van der Waals surface area (Å²) in [4.78, 5) is 0. The molecule has 2 rings (SSSR count). The van der Waals surface area contributed by atoms with Crippen molar-refractivity contribution in [2.24, 2.45) is 12.8 Å². The number of aryl methyl sites for hydroxylation is 1. The summed E-state index contributed by atoms with van der Waals surface area (Å²) < 4.78 is 7.57. The van der Waals surface area contributed by atoms with Gasteiger partial charge in [0.1, 0.15) is 12.9 Å². The van der Waals surface area contributed by atoms with E-state index in [9.17, 15) is 0 Å². The van der Waals surface area contributed by atoms with Gasteiger partial charge in [0.2, 0.25) is 0 Å². The minimum Gasteiger partial charge on any atom is -0.370 e. The third-order valence-electron chi connectivity index (χ3n) is 2.68. The topological polar surface area (TPSA) is 66.0 Å². The van der Waals surface area contributed by atoms with Crippen molar-refractivity contribution >= 4 is 0 Å². The van der Waals surface area contributed by atoms with Crippen LogP contribution in [0.15, 0.2) is 6.33 Å². The van der Waals surface area contributed by atoms with E-state index in [4.69, 9.17) is 10.5 Å². The van der Waals surface area contributed by atoms with Crippen LogP contribution in [0.25, 0.3) is 0 Å². The highest BCUT2D eigenvalue weighted by Gasteiger charge is 2.22. The first-order valence-electron chi connectivity index (χ1n) is 4.96. The normalized spacial score (nSPS) is 27.0. The first kappa shape index (κ1) is 9.61. The van der Waals surface area contributed by atoms with Gasteiger partial charge in [0.25, 0.3) is 0 Å². The van der Waals surface area contributed by atoms with E-state index in [0.717, 1.165) is 25.1 Å². The van der Waals surface area contributed by atoms with Crippen LogP contribution in [0.4, 0.5) is 0 Å². The predicted octanol–water partition coefficient (Wildman–Crippen LogP) is 0.211. The van der Waals surface area contributed by atoms with Crippen LogP contribution in [0.2, 0.25) is 0 Å². The zero-order chi connectivity index (χ0) is 9.97. The molecule has 1 aromatic rings. The van der Waals surface area contributed by atoms with E-state index in [1.807, 2.05) is 11.6 Å².